The fourth-order valence-corrected chi connectivity index (χ4v) is 3.82. The molecule has 0 N–H and O–H groups in total. The van der Waals surface area contributed by atoms with Crippen LogP contribution in [0.25, 0.3) is 11.1 Å². The second kappa shape index (κ2) is 9.07. The summed E-state index contributed by atoms with van der Waals surface area (Å²) in [5.41, 5.74) is 2.30. The van der Waals surface area contributed by atoms with Gasteiger partial charge in [0.05, 0.1) is 0 Å². The number of rotatable bonds is 6. The van der Waals surface area contributed by atoms with Crippen LogP contribution < -0.4 is 0 Å². The fraction of sp³-hybridized carbons (Fsp3) is 0.333. The predicted molar refractivity (Wildman–Crippen MR) is 105 cm³/mol. The number of halogens is 3. The standard InChI is InChI=1S/C24H25F3/c1-2-3-4-5-6-17-7-9-18(10-8-17)19-11-13-20(14-12-19)21-15-22(25)24(27)23(26)16-21/h2,5-6,11-18H,1,3-4,7-10H2. The van der Waals surface area contributed by atoms with Crippen LogP contribution in [-0.4, -0.2) is 0 Å². The third kappa shape index (κ3) is 4.91. The van der Waals surface area contributed by atoms with E-state index in [1.807, 2.05) is 30.3 Å². The van der Waals surface area contributed by atoms with Crippen LogP contribution >= 0.6 is 0 Å². The summed E-state index contributed by atoms with van der Waals surface area (Å²) < 4.78 is 40.0. The Morgan fingerprint density at radius 1 is 0.852 bits per heavy atom. The van der Waals surface area contributed by atoms with Gasteiger partial charge >= 0.3 is 0 Å². The highest BCUT2D eigenvalue weighted by Gasteiger charge is 2.21. The molecule has 0 bridgehead atoms. The number of unbranched alkanes of at least 4 members (excludes halogenated alkanes) is 1. The van der Waals surface area contributed by atoms with Crippen LogP contribution in [0.1, 0.15) is 50.0 Å². The van der Waals surface area contributed by atoms with Gasteiger partial charge in [-0.05, 0) is 79.2 Å². The van der Waals surface area contributed by atoms with Gasteiger partial charge in [0.15, 0.2) is 17.5 Å². The van der Waals surface area contributed by atoms with E-state index in [0.29, 0.717) is 23.0 Å². The van der Waals surface area contributed by atoms with Crippen LogP contribution in [0.4, 0.5) is 13.2 Å². The van der Waals surface area contributed by atoms with Crippen molar-refractivity contribution in [1.82, 2.24) is 0 Å². The number of allylic oxidation sites excluding steroid dienone is 3. The van der Waals surface area contributed by atoms with E-state index < -0.39 is 17.5 Å². The largest absolute Gasteiger partial charge is 0.204 e. The Balaban J connectivity index is 1.62. The van der Waals surface area contributed by atoms with Gasteiger partial charge in [-0.15, -0.1) is 6.58 Å². The first-order valence-electron chi connectivity index (χ1n) is 9.61. The minimum Gasteiger partial charge on any atom is -0.204 e. The summed E-state index contributed by atoms with van der Waals surface area (Å²) >= 11 is 0. The minimum absolute atomic E-state index is 0.353. The molecule has 0 radical (unpaired) electrons. The van der Waals surface area contributed by atoms with Crippen LogP contribution in [0, 0.1) is 23.4 Å². The molecule has 0 atom stereocenters. The van der Waals surface area contributed by atoms with Crippen molar-refractivity contribution in [2.75, 3.05) is 0 Å². The van der Waals surface area contributed by atoms with Gasteiger partial charge in [0, 0.05) is 0 Å². The summed E-state index contributed by atoms with van der Waals surface area (Å²) in [7, 11) is 0. The quantitative estimate of drug-likeness (QED) is 0.279. The molecule has 27 heavy (non-hydrogen) atoms. The van der Waals surface area contributed by atoms with Crippen LogP contribution in [0.2, 0.25) is 0 Å². The van der Waals surface area contributed by atoms with E-state index >= 15 is 0 Å². The zero-order valence-electron chi connectivity index (χ0n) is 15.4. The van der Waals surface area contributed by atoms with E-state index in [4.69, 9.17) is 0 Å². The zero-order valence-corrected chi connectivity index (χ0v) is 15.4. The lowest BCUT2D eigenvalue weighted by Gasteiger charge is -2.27. The van der Waals surface area contributed by atoms with Crippen LogP contribution in [0.15, 0.2) is 61.2 Å². The van der Waals surface area contributed by atoms with Crippen molar-refractivity contribution in [2.24, 2.45) is 5.92 Å². The zero-order chi connectivity index (χ0) is 19.2. The summed E-state index contributed by atoms with van der Waals surface area (Å²) in [5, 5.41) is 0. The molecular formula is C24H25F3. The predicted octanol–water partition coefficient (Wildman–Crippen LogP) is 7.57. The molecule has 3 heteroatoms. The van der Waals surface area contributed by atoms with E-state index in [-0.39, 0.29) is 0 Å². The average molecular weight is 370 g/mol. The normalized spacial score (nSPS) is 20.1. The van der Waals surface area contributed by atoms with Crippen molar-refractivity contribution in [3.63, 3.8) is 0 Å². The highest BCUT2D eigenvalue weighted by molar-refractivity contribution is 5.64. The molecule has 3 rings (SSSR count). The maximum atomic E-state index is 13.4. The van der Waals surface area contributed by atoms with Gasteiger partial charge in [0.1, 0.15) is 0 Å². The maximum Gasteiger partial charge on any atom is 0.194 e. The van der Waals surface area contributed by atoms with Gasteiger partial charge < -0.3 is 0 Å². The number of hydrogen-bond acceptors (Lipinski definition) is 0. The highest BCUT2D eigenvalue weighted by atomic mass is 19.2. The first-order valence-corrected chi connectivity index (χ1v) is 9.61. The van der Waals surface area contributed by atoms with E-state index in [1.165, 1.54) is 18.4 Å². The molecule has 0 unspecified atom stereocenters. The van der Waals surface area contributed by atoms with Crippen molar-refractivity contribution in [3.8, 4) is 11.1 Å². The Hall–Kier alpha value is -2.29. The maximum absolute atomic E-state index is 13.4. The Morgan fingerprint density at radius 3 is 2.07 bits per heavy atom. The van der Waals surface area contributed by atoms with Crippen molar-refractivity contribution < 1.29 is 13.2 Å². The summed E-state index contributed by atoms with van der Waals surface area (Å²) in [4.78, 5) is 0. The molecule has 1 saturated carbocycles. The molecular weight excluding hydrogens is 345 g/mol. The van der Waals surface area contributed by atoms with E-state index in [9.17, 15) is 13.2 Å². The van der Waals surface area contributed by atoms with Crippen LogP contribution in [0.3, 0.4) is 0 Å². The SMILES string of the molecule is C=CCCC=CC1CCC(c2ccc(-c3cc(F)c(F)c(F)c3)cc2)CC1. The van der Waals surface area contributed by atoms with Gasteiger partial charge in [-0.3, -0.25) is 0 Å². The molecule has 1 aliphatic carbocycles. The van der Waals surface area contributed by atoms with Gasteiger partial charge in [-0.2, -0.15) is 0 Å². The second-order valence-corrected chi connectivity index (χ2v) is 7.28. The van der Waals surface area contributed by atoms with E-state index in [0.717, 1.165) is 37.8 Å². The average Bonchev–Trinajstić information content (AvgIpc) is 2.70. The van der Waals surface area contributed by atoms with Gasteiger partial charge in [0.25, 0.3) is 0 Å². The Labute approximate surface area is 159 Å². The van der Waals surface area contributed by atoms with E-state index in [2.05, 4.69) is 18.7 Å². The molecule has 0 spiro atoms. The smallest absolute Gasteiger partial charge is 0.194 e. The molecule has 0 saturated heterocycles. The Bertz CT molecular complexity index is 774. The summed E-state index contributed by atoms with van der Waals surface area (Å²) in [5.74, 6) is -2.55. The second-order valence-electron chi connectivity index (χ2n) is 7.28. The molecule has 0 heterocycles. The molecule has 2 aromatic carbocycles. The van der Waals surface area contributed by atoms with Crippen LogP contribution in [0.5, 0.6) is 0 Å². The molecule has 1 aliphatic rings. The van der Waals surface area contributed by atoms with Crippen molar-refractivity contribution in [1.29, 1.82) is 0 Å². The van der Waals surface area contributed by atoms with Crippen LogP contribution in [-0.2, 0) is 0 Å². The Morgan fingerprint density at radius 2 is 1.48 bits per heavy atom. The molecule has 1 fully saturated rings. The summed E-state index contributed by atoms with van der Waals surface area (Å²) in [6.07, 6.45) is 13.3. The lowest BCUT2D eigenvalue weighted by Crippen LogP contribution is -2.11. The lowest BCUT2D eigenvalue weighted by atomic mass is 9.78. The fourth-order valence-electron chi connectivity index (χ4n) is 3.82. The summed E-state index contributed by atoms with van der Waals surface area (Å²) in [6.45, 7) is 3.74. The van der Waals surface area contributed by atoms with Gasteiger partial charge in [0.2, 0.25) is 0 Å². The molecule has 0 amide bonds. The van der Waals surface area contributed by atoms with Crippen molar-refractivity contribution in [3.05, 3.63) is 84.2 Å². The highest BCUT2D eigenvalue weighted by Crippen LogP contribution is 2.37. The van der Waals surface area contributed by atoms with E-state index in [1.54, 1.807) is 0 Å². The molecule has 0 aromatic heterocycles. The van der Waals surface area contributed by atoms with Crippen molar-refractivity contribution >= 4 is 0 Å². The number of benzene rings is 2. The van der Waals surface area contributed by atoms with Gasteiger partial charge in [-0.25, -0.2) is 13.2 Å². The minimum atomic E-state index is -1.43. The first-order chi connectivity index (χ1) is 13.1. The topological polar surface area (TPSA) is 0 Å². The summed E-state index contributed by atoms with van der Waals surface area (Å²) in [6, 6.07) is 9.86. The first kappa shape index (κ1) is 19.5. The third-order valence-corrected chi connectivity index (χ3v) is 5.42. The molecule has 142 valence electrons. The lowest BCUT2D eigenvalue weighted by molar-refractivity contribution is 0.375. The third-order valence-electron chi connectivity index (χ3n) is 5.42. The Kier molecular flexibility index (Phi) is 6.54. The molecule has 2 aromatic rings. The number of hydrogen-bond donors (Lipinski definition) is 0. The molecule has 0 aliphatic heterocycles. The van der Waals surface area contributed by atoms with Crippen molar-refractivity contribution in [2.45, 2.75) is 44.4 Å². The monoisotopic (exact) mass is 370 g/mol. The van der Waals surface area contributed by atoms with Gasteiger partial charge in [-0.1, -0.05) is 42.5 Å². The molecule has 0 nitrogen and oxygen atoms in total.